The van der Waals surface area contributed by atoms with Crippen LogP contribution < -0.4 is 10.6 Å². The van der Waals surface area contributed by atoms with Crippen LogP contribution in [0.3, 0.4) is 0 Å². The number of nitrogens with zero attached hydrogens (tertiary/aromatic N) is 5. The molecule has 5 rings (SSSR count). The SMILES string of the molecule is CC(C)(O)[C@H](F)CNC(=O)c1cnc(-c2ccc3cc(C#N)cnn23)cc1NC1CC2CC1CN(S(C)(=O)=O)C2. The number of sulfonamides is 1. The molecule has 1 saturated carbocycles. The zero-order valence-corrected chi connectivity index (χ0v) is 23.3. The van der Waals surface area contributed by atoms with Gasteiger partial charge in [-0.1, -0.05) is 0 Å². The maximum Gasteiger partial charge on any atom is 0.255 e. The number of aliphatic hydroxyl groups is 1. The number of hydrogen-bond acceptors (Lipinski definition) is 8. The molecule has 0 radical (unpaired) electrons. The zero-order chi connectivity index (χ0) is 28.8. The molecule has 3 unspecified atom stereocenters. The standard InChI is InChI=1S/C27H32FN7O4S/c1-27(2,37)25(28)13-31-26(36)20-12-30-23(24-5-4-19-7-17(10-29)11-32-35(19)24)9-22(20)33-21-8-16-6-18(21)15-34(14-16)40(3,38)39/h4-5,7,9,11-12,16,18,21,25,37H,6,8,13-15H2,1-3H3,(H,30,33)(H,31,36)/t16?,18?,21?,25-/m1/s1. The van der Waals surface area contributed by atoms with Gasteiger partial charge in [-0.25, -0.2) is 21.6 Å². The molecule has 2 fully saturated rings. The van der Waals surface area contributed by atoms with E-state index in [2.05, 4.69) is 26.8 Å². The summed E-state index contributed by atoms with van der Waals surface area (Å²) in [4.78, 5) is 17.7. The first kappa shape index (κ1) is 27.9. The number of anilines is 1. The smallest absolute Gasteiger partial charge is 0.255 e. The molecule has 3 aromatic heterocycles. The molecule has 3 N–H and O–H groups in total. The van der Waals surface area contributed by atoms with E-state index < -0.39 is 27.7 Å². The number of alkyl halides is 1. The molecule has 1 amide bonds. The van der Waals surface area contributed by atoms with E-state index >= 15 is 0 Å². The Hall–Kier alpha value is -3.60. The summed E-state index contributed by atoms with van der Waals surface area (Å²) < 4.78 is 41.9. The minimum atomic E-state index is -3.31. The van der Waals surface area contributed by atoms with Gasteiger partial charge in [0.15, 0.2) is 0 Å². The van der Waals surface area contributed by atoms with Gasteiger partial charge in [0.1, 0.15) is 12.2 Å². The van der Waals surface area contributed by atoms with Crippen molar-refractivity contribution in [3.05, 3.63) is 47.8 Å². The highest BCUT2D eigenvalue weighted by Crippen LogP contribution is 2.40. The maximum absolute atomic E-state index is 14.4. The summed E-state index contributed by atoms with van der Waals surface area (Å²) in [7, 11) is -3.31. The molecule has 4 heterocycles. The van der Waals surface area contributed by atoms with E-state index in [1.54, 1.807) is 16.6 Å². The van der Waals surface area contributed by atoms with Crippen LogP contribution in [-0.2, 0) is 10.0 Å². The molecule has 2 bridgehead atoms. The number of rotatable bonds is 8. The second kappa shape index (κ2) is 10.4. The Morgan fingerprint density at radius 2 is 2.05 bits per heavy atom. The Morgan fingerprint density at radius 3 is 2.75 bits per heavy atom. The quantitative estimate of drug-likeness (QED) is 0.373. The van der Waals surface area contributed by atoms with Crippen LogP contribution in [0, 0.1) is 23.2 Å². The Kier molecular flexibility index (Phi) is 7.28. The number of hydrogen-bond donors (Lipinski definition) is 3. The summed E-state index contributed by atoms with van der Waals surface area (Å²) in [6.45, 7) is 3.16. The van der Waals surface area contributed by atoms with Crippen molar-refractivity contribution in [2.75, 3.05) is 31.2 Å². The van der Waals surface area contributed by atoms with Gasteiger partial charge in [-0.05, 0) is 62.8 Å². The van der Waals surface area contributed by atoms with E-state index in [4.69, 9.17) is 0 Å². The summed E-state index contributed by atoms with van der Waals surface area (Å²) >= 11 is 0. The lowest BCUT2D eigenvalue weighted by Crippen LogP contribution is -2.42. The van der Waals surface area contributed by atoms with Gasteiger partial charge < -0.3 is 15.7 Å². The average molecular weight is 570 g/mol. The first-order valence-electron chi connectivity index (χ1n) is 13.1. The molecule has 40 heavy (non-hydrogen) atoms. The van der Waals surface area contributed by atoms with Crippen LogP contribution >= 0.6 is 0 Å². The second-order valence-electron chi connectivity index (χ2n) is 11.3. The van der Waals surface area contributed by atoms with Crippen LogP contribution in [-0.4, -0.2) is 82.0 Å². The van der Waals surface area contributed by atoms with Crippen molar-refractivity contribution in [1.29, 1.82) is 5.26 Å². The fourth-order valence-corrected chi connectivity index (χ4v) is 6.48. The van der Waals surface area contributed by atoms with Crippen LogP contribution in [0.4, 0.5) is 10.1 Å². The predicted octanol–water partition coefficient (Wildman–Crippen LogP) is 2.19. The third-order valence-electron chi connectivity index (χ3n) is 7.75. The molecular weight excluding hydrogens is 537 g/mol. The van der Waals surface area contributed by atoms with Crippen molar-refractivity contribution in [2.45, 2.75) is 44.5 Å². The van der Waals surface area contributed by atoms with Gasteiger partial charge in [-0.3, -0.25) is 9.78 Å². The maximum atomic E-state index is 14.4. The summed E-state index contributed by atoms with van der Waals surface area (Å²) in [5.41, 5.74) is 1.37. The number of nitrogens with one attached hydrogen (secondary N) is 2. The van der Waals surface area contributed by atoms with Gasteiger partial charge in [-0.2, -0.15) is 10.4 Å². The Labute approximate surface area is 232 Å². The molecule has 2 aliphatic rings. The minimum absolute atomic E-state index is 0.0617. The van der Waals surface area contributed by atoms with E-state index in [9.17, 15) is 28.0 Å². The number of pyridine rings is 1. The minimum Gasteiger partial charge on any atom is -0.387 e. The lowest BCUT2D eigenvalue weighted by Gasteiger charge is -2.31. The topological polar surface area (TPSA) is 153 Å². The Morgan fingerprint density at radius 1 is 1.27 bits per heavy atom. The van der Waals surface area contributed by atoms with Crippen molar-refractivity contribution >= 4 is 27.1 Å². The number of amides is 1. The molecule has 4 atom stereocenters. The molecular formula is C27H32FN7O4S. The van der Waals surface area contributed by atoms with Gasteiger partial charge in [0.2, 0.25) is 10.0 Å². The molecule has 0 spiro atoms. The monoisotopic (exact) mass is 569 g/mol. The summed E-state index contributed by atoms with van der Waals surface area (Å²) in [5, 5.41) is 29.5. The summed E-state index contributed by atoms with van der Waals surface area (Å²) in [5.74, 6) is -0.285. The highest BCUT2D eigenvalue weighted by Gasteiger charge is 2.43. The van der Waals surface area contributed by atoms with E-state index in [1.165, 1.54) is 36.8 Å². The number of piperidine rings is 1. The fraction of sp³-hybridized carbons (Fsp3) is 0.481. The number of nitriles is 1. The van der Waals surface area contributed by atoms with Gasteiger partial charge in [0.25, 0.3) is 5.91 Å². The Balaban J connectivity index is 1.47. The van der Waals surface area contributed by atoms with Gasteiger partial charge in [0, 0.05) is 25.3 Å². The molecule has 13 heteroatoms. The number of halogens is 1. The molecule has 1 saturated heterocycles. The fourth-order valence-electron chi connectivity index (χ4n) is 5.54. The lowest BCUT2D eigenvalue weighted by molar-refractivity contribution is -0.00177. The summed E-state index contributed by atoms with van der Waals surface area (Å²) in [6.07, 6.45) is 4.04. The van der Waals surface area contributed by atoms with Gasteiger partial charge in [-0.15, -0.1) is 0 Å². The highest BCUT2D eigenvalue weighted by atomic mass is 32.2. The van der Waals surface area contributed by atoms with Crippen LogP contribution in [0.1, 0.15) is 42.6 Å². The van der Waals surface area contributed by atoms with Crippen molar-refractivity contribution < 1.29 is 22.7 Å². The third-order valence-corrected chi connectivity index (χ3v) is 8.99. The lowest BCUT2D eigenvalue weighted by atomic mass is 9.99. The zero-order valence-electron chi connectivity index (χ0n) is 22.5. The number of fused-ring (bicyclic) bond motifs is 3. The predicted molar refractivity (Wildman–Crippen MR) is 147 cm³/mol. The van der Waals surface area contributed by atoms with E-state index in [-0.39, 0.29) is 30.0 Å². The van der Waals surface area contributed by atoms with Crippen LogP contribution in [0.25, 0.3) is 16.9 Å². The van der Waals surface area contributed by atoms with Crippen molar-refractivity contribution in [3.63, 3.8) is 0 Å². The number of carbonyl (C=O) groups excluding carboxylic acids is 1. The normalized spacial score (nSPS) is 22.1. The molecule has 0 aromatic carbocycles. The van der Waals surface area contributed by atoms with E-state index in [1.807, 2.05) is 12.1 Å². The first-order chi connectivity index (χ1) is 18.8. The van der Waals surface area contributed by atoms with Crippen molar-refractivity contribution in [2.24, 2.45) is 11.8 Å². The number of aromatic nitrogens is 3. The van der Waals surface area contributed by atoms with Gasteiger partial charge >= 0.3 is 0 Å². The van der Waals surface area contributed by atoms with Crippen LogP contribution in [0.5, 0.6) is 0 Å². The van der Waals surface area contributed by atoms with Crippen LogP contribution in [0.15, 0.2) is 36.7 Å². The number of carbonyl (C=O) groups is 1. The van der Waals surface area contributed by atoms with Gasteiger partial charge in [0.05, 0.1) is 58.3 Å². The van der Waals surface area contributed by atoms with Crippen LogP contribution in [0.2, 0.25) is 0 Å². The first-order valence-corrected chi connectivity index (χ1v) is 14.9. The van der Waals surface area contributed by atoms with Crippen molar-refractivity contribution in [3.8, 4) is 17.5 Å². The molecule has 11 nitrogen and oxygen atoms in total. The average Bonchev–Trinajstić information content (AvgIpc) is 3.44. The van der Waals surface area contributed by atoms with Crippen molar-refractivity contribution in [1.82, 2.24) is 24.2 Å². The molecule has 1 aliphatic heterocycles. The summed E-state index contributed by atoms with van der Waals surface area (Å²) in [6, 6.07) is 9.06. The van der Waals surface area contributed by atoms with E-state index in [0.29, 0.717) is 41.2 Å². The Bertz CT molecular complexity index is 1590. The second-order valence-corrected chi connectivity index (χ2v) is 13.3. The molecule has 1 aliphatic carbocycles. The third kappa shape index (κ3) is 5.65. The molecule has 3 aromatic rings. The highest BCUT2D eigenvalue weighted by molar-refractivity contribution is 7.88. The van der Waals surface area contributed by atoms with E-state index in [0.717, 1.165) is 12.8 Å². The largest absolute Gasteiger partial charge is 0.387 e. The molecule has 212 valence electrons.